The second-order valence-corrected chi connectivity index (χ2v) is 4.33. The van der Waals surface area contributed by atoms with Gasteiger partial charge in [-0.15, -0.1) is 11.3 Å². The van der Waals surface area contributed by atoms with Crippen LogP contribution in [0.1, 0.15) is 11.9 Å². The van der Waals surface area contributed by atoms with Gasteiger partial charge in [-0.3, -0.25) is 4.90 Å². The monoisotopic (exact) mass is 210 g/mol. The number of carbonyl (C=O) groups is 1. The Morgan fingerprint density at radius 1 is 1.64 bits per heavy atom. The van der Waals surface area contributed by atoms with Crippen LogP contribution in [0.5, 0.6) is 0 Å². The number of rotatable bonds is 0. The van der Waals surface area contributed by atoms with Crippen LogP contribution < -0.4 is 9.88 Å². The highest BCUT2D eigenvalue weighted by Gasteiger charge is 2.17. The molecular formula is C9H10N2O2S. The molecule has 0 aliphatic carbocycles. The van der Waals surface area contributed by atoms with Crippen molar-refractivity contribution in [1.82, 2.24) is 9.88 Å². The average molecular weight is 210 g/mol. The molecule has 1 N–H and O–H groups in total. The highest BCUT2D eigenvalue weighted by atomic mass is 32.1. The number of fused-ring (bicyclic) bond motifs is 1. The van der Waals surface area contributed by atoms with Gasteiger partial charge in [0.15, 0.2) is 0 Å². The van der Waals surface area contributed by atoms with Crippen molar-refractivity contribution in [1.29, 1.82) is 0 Å². The first kappa shape index (κ1) is 9.21. The fourth-order valence-electron chi connectivity index (χ4n) is 1.50. The number of amides is 1. The number of nitrogens with zero attached hydrogens (tertiary/aromatic N) is 2. The van der Waals surface area contributed by atoms with E-state index in [0.717, 1.165) is 20.6 Å². The van der Waals surface area contributed by atoms with E-state index in [1.54, 1.807) is 0 Å². The lowest BCUT2D eigenvalue weighted by Gasteiger charge is -2.19. The zero-order valence-electron chi connectivity index (χ0n) is 7.94. The van der Waals surface area contributed by atoms with E-state index in [4.69, 9.17) is 5.11 Å². The van der Waals surface area contributed by atoms with Crippen molar-refractivity contribution in [3.8, 4) is 0 Å². The van der Waals surface area contributed by atoms with E-state index in [9.17, 15) is 4.79 Å². The van der Waals surface area contributed by atoms with Gasteiger partial charge in [0.1, 0.15) is 0 Å². The van der Waals surface area contributed by atoms with Crippen LogP contribution >= 0.6 is 11.3 Å². The van der Waals surface area contributed by atoms with Crippen LogP contribution in [0.25, 0.3) is 11.8 Å². The quantitative estimate of drug-likeness (QED) is 0.672. The smallest absolute Gasteiger partial charge is 0.411 e. The van der Waals surface area contributed by atoms with Crippen LogP contribution in [0, 0.1) is 6.92 Å². The molecule has 4 nitrogen and oxygen atoms in total. The summed E-state index contributed by atoms with van der Waals surface area (Å²) in [5.41, 5.74) is 0.778. The maximum atomic E-state index is 10.9. The van der Waals surface area contributed by atoms with Gasteiger partial charge in [0.25, 0.3) is 0 Å². The molecule has 2 heterocycles. The van der Waals surface area contributed by atoms with Crippen LogP contribution in [-0.4, -0.2) is 27.6 Å². The molecule has 1 aromatic heterocycles. The summed E-state index contributed by atoms with van der Waals surface area (Å²) in [6.45, 7) is 4.14. The minimum atomic E-state index is -0.907. The molecule has 0 saturated heterocycles. The maximum Gasteiger partial charge on any atom is 0.411 e. The van der Waals surface area contributed by atoms with E-state index in [-0.39, 0.29) is 0 Å². The van der Waals surface area contributed by atoms with E-state index in [2.05, 4.69) is 4.98 Å². The molecule has 1 aliphatic rings. The lowest BCUT2D eigenvalue weighted by molar-refractivity contribution is 0.169. The van der Waals surface area contributed by atoms with Crippen molar-refractivity contribution in [3.05, 3.63) is 14.9 Å². The Bertz CT molecular complexity index is 503. The van der Waals surface area contributed by atoms with Crippen LogP contribution in [-0.2, 0) is 0 Å². The van der Waals surface area contributed by atoms with Gasteiger partial charge in [0.05, 0.1) is 14.9 Å². The highest BCUT2D eigenvalue weighted by Crippen LogP contribution is 2.07. The standard InChI is InChI=1S/C9H10N2O2S/c1-5-8-7(10-6(2)14-8)3-4-11(5)9(12)13/h3H,4H2,1-2H3,(H,12,13). The predicted octanol–water partition coefficient (Wildman–Crippen LogP) is 0.354. The first-order chi connectivity index (χ1) is 6.59. The van der Waals surface area contributed by atoms with Crippen molar-refractivity contribution < 1.29 is 9.90 Å². The van der Waals surface area contributed by atoms with E-state index in [0.29, 0.717) is 6.54 Å². The molecule has 0 spiro atoms. The largest absolute Gasteiger partial charge is 0.465 e. The van der Waals surface area contributed by atoms with Crippen molar-refractivity contribution in [2.75, 3.05) is 6.54 Å². The molecule has 0 unspecified atom stereocenters. The zero-order chi connectivity index (χ0) is 10.3. The van der Waals surface area contributed by atoms with Gasteiger partial charge in [0, 0.05) is 12.2 Å². The normalized spacial score (nSPS) is 15.0. The third-order valence-electron chi connectivity index (χ3n) is 2.19. The number of carboxylic acid groups (broad SMARTS) is 1. The molecule has 0 bridgehead atoms. The second-order valence-electron chi connectivity index (χ2n) is 3.13. The topological polar surface area (TPSA) is 53.4 Å². The third-order valence-corrected chi connectivity index (χ3v) is 3.29. The molecule has 74 valence electrons. The van der Waals surface area contributed by atoms with Crippen molar-refractivity contribution in [2.24, 2.45) is 0 Å². The first-order valence-electron chi connectivity index (χ1n) is 4.24. The van der Waals surface area contributed by atoms with Gasteiger partial charge in [-0.1, -0.05) is 0 Å². The van der Waals surface area contributed by atoms with Crippen LogP contribution in [0.2, 0.25) is 0 Å². The van der Waals surface area contributed by atoms with Crippen LogP contribution in [0.4, 0.5) is 4.79 Å². The minimum Gasteiger partial charge on any atom is -0.465 e. The number of hydrogen-bond donors (Lipinski definition) is 1. The van der Waals surface area contributed by atoms with Crippen molar-refractivity contribution in [2.45, 2.75) is 13.8 Å². The molecule has 0 fully saturated rings. The molecule has 1 amide bonds. The van der Waals surface area contributed by atoms with Crippen molar-refractivity contribution >= 4 is 29.2 Å². The van der Waals surface area contributed by atoms with E-state index < -0.39 is 6.09 Å². The molecule has 14 heavy (non-hydrogen) atoms. The second kappa shape index (κ2) is 3.09. The molecule has 1 aliphatic heterocycles. The fourth-order valence-corrected chi connectivity index (χ4v) is 2.43. The molecular weight excluding hydrogens is 200 g/mol. The van der Waals surface area contributed by atoms with Crippen LogP contribution in [0.3, 0.4) is 0 Å². The maximum absolute atomic E-state index is 10.9. The Balaban J connectivity index is 2.68. The Kier molecular flexibility index (Phi) is 2.03. The summed E-state index contributed by atoms with van der Waals surface area (Å²) in [4.78, 5) is 16.5. The van der Waals surface area contributed by atoms with Crippen LogP contribution in [0.15, 0.2) is 0 Å². The molecule has 0 radical (unpaired) electrons. The average Bonchev–Trinajstić information content (AvgIpc) is 2.46. The summed E-state index contributed by atoms with van der Waals surface area (Å²) in [6, 6.07) is 0. The summed E-state index contributed by atoms with van der Waals surface area (Å²) in [7, 11) is 0. The van der Waals surface area contributed by atoms with Gasteiger partial charge in [0.2, 0.25) is 0 Å². The summed E-state index contributed by atoms with van der Waals surface area (Å²) >= 11 is 1.54. The number of aryl methyl sites for hydroxylation is 1. The summed E-state index contributed by atoms with van der Waals surface area (Å²) < 4.78 is 0.969. The molecule has 0 aromatic carbocycles. The molecule has 1 aromatic rings. The molecule has 2 rings (SSSR count). The Morgan fingerprint density at radius 3 is 3.00 bits per heavy atom. The molecule has 0 atom stereocenters. The lowest BCUT2D eigenvalue weighted by atomic mass is 10.3. The van der Waals surface area contributed by atoms with Gasteiger partial charge < -0.3 is 5.11 Å². The predicted molar refractivity (Wildman–Crippen MR) is 54.4 cm³/mol. The van der Waals surface area contributed by atoms with Gasteiger partial charge >= 0.3 is 6.09 Å². The summed E-state index contributed by atoms with van der Waals surface area (Å²) in [6.07, 6.45) is 0.940. The Labute approximate surface area is 84.8 Å². The van der Waals surface area contributed by atoms with Gasteiger partial charge in [-0.05, 0) is 19.9 Å². The first-order valence-corrected chi connectivity index (χ1v) is 5.06. The summed E-state index contributed by atoms with van der Waals surface area (Å²) in [5.74, 6) is 0. The SMILES string of the molecule is CC1=c2sc(C)nc2=CCN1C(=O)O. The Hall–Kier alpha value is -1.36. The third kappa shape index (κ3) is 1.29. The van der Waals surface area contributed by atoms with Crippen molar-refractivity contribution in [3.63, 3.8) is 0 Å². The molecule has 5 heteroatoms. The van der Waals surface area contributed by atoms with Gasteiger partial charge in [-0.2, -0.15) is 0 Å². The lowest BCUT2D eigenvalue weighted by Crippen LogP contribution is -2.39. The van der Waals surface area contributed by atoms with E-state index >= 15 is 0 Å². The molecule has 0 saturated carbocycles. The Morgan fingerprint density at radius 2 is 2.36 bits per heavy atom. The minimum absolute atomic E-state index is 0.400. The number of aromatic nitrogens is 1. The highest BCUT2D eigenvalue weighted by molar-refractivity contribution is 7.09. The van der Waals surface area contributed by atoms with Gasteiger partial charge in [-0.25, -0.2) is 9.78 Å². The van der Waals surface area contributed by atoms with E-state index in [1.165, 1.54) is 16.2 Å². The summed E-state index contributed by atoms with van der Waals surface area (Å²) in [5, 5.41) is 10.8. The number of thiazole rings is 1. The fraction of sp³-hybridized carbons (Fsp3) is 0.333. The zero-order valence-corrected chi connectivity index (χ0v) is 8.76. The van der Waals surface area contributed by atoms with E-state index in [1.807, 2.05) is 19.9 Å². The number of hydrogen-bond acceptors (Lipinski definition) is 3.